The lowest BCUT2D eigenvalue weighted by molar-refractivity contribution is -0.134. The molecule has 0 heterocycles. The first-order valence-corrected chi connectivity index (χ1v) is 5.89. The van der Waals surface area contributed by atoms with Crippen molar-refractivity contribution in [1.29, 1.82) is 5.26 Å². The normalized spacial score (nSPS) is 11.1. The number of hydrogen-bond donors (Lipinski definition) is 1. The Morgan fingerprint density at radius 3 is 2.50 bits per heavy atom. The summed E-state index contributed by atoms with van der Waals surface area (Å²) in [5.74, 6) is -1.12. The van der Waals surface area contributed by atoms with Crippen molar-refractivity contribution in [3.8, 4) is 11.8 Å². The number of carbonyl (C=O) groups excluding carboxylic acids is 1. The molecule has 0 unspecified atom stereocenters. The molecular formula is C15H13NO4. The third-order valence-electron chi connectivity index (χ3n) is 2.30. The molecule has 0 saturated carbocycles. The number of esters is 1. The van der Waals surface area contributed by atoms with E-state index in [0.717, 1.165) is 5.56 Å². The van der Waals surface area contributed by atoms with E-state index in [-0.39, 0.29) is 11.5 Å². The van der Waals surface area contributed by atoms with Crippen LogP contribution in [0.4, 0.5) is 0 Å². The molecule has 0 aliphatic carbocycles. The smallest absolute Gasteiger partial charge is 0.346 e. The number of carbonyl (C=O) groups is 2. The summed E-state index contributed by atoms with van der Waals surface area (Å²) < 4.78 is 5.01. The third kappa shape index (κ3) is 4.78. The van der Waals surface area contributed by atoms with Gasteiger partial charge in [0.15, 0.2) is 0 Å². The van der Waals surface area contributed by atoms with Crippen molar-refractivity contribution in [3.05, 3.63) is 47.6 Å². The Labute approximate surface area is 116 Å². The summed E-state index contributed by atoms with van der Waals surface area (Å²) in [4.78, 5) is 21.7. The number of carboxylic acids is 1. The molecule has 5 nitrogen and oxygen atoms in total. The van der Waals surface area contributed by atoms with Gasteiger partial charge in [0.25, 0.3) is 0 Å². The Hall–Kier alpha value is -2.87. The monoisotopic (exact) mass is 271 g/mol. The number of ether oxygens (including phenoxy) is 1. The zero-order chi connectivity index (χ0) is 15.0. The van der Waals surface area contributed by atoms with Crippen molar-refractivity contribution in [2.75, 3.05) is 0 Å². The average molecular weight is 271 g/mol. The fourth-order valence-electron chi connectivity index (χ4n) is 1.26. The Morgan fingerprint density at radius 2 is 2.00 bits per heavy atom. The fourth-order valence-corrected chi connectivity index (χ4v) is 1.26. The molecule has 0 bridgehead atoms. The number of hydrogen-bond acceptors (Lipinski definition) is 4. The third-order valence-corrected chi connectivity index (χ3v) is 2.30. The zero-order valence-corrected chi connectivity index (χ0v) is 10.9. The number of rotatable bonds is 5. The molecule has 0 aliphatic rings. The second-order valence-corrected chi connectivity index (χ2v) is 3.75. The van der Waals surface area contributed by atoms with Crippen LogP contribution in [0.2, 0.25) is 0 Å². The predicted octanol–water partition coefficient (Wildman–Crippen LogP) is 2.55. The van der Waals surface area contributed by atoms with E-state index in [1.807, 2.05) is 0 Å². The maximum atomic E-state index is 11.1. The Morgan fingerprint density at radius 1 is 1.35 bits per heavy atom. The summed E-state index contributed by atoms with van der Waals surface area (Å²) in [5.41, 5.74) is 0.454. The van der Waals surface area contributed by atoms with Gasteiger partial charge in [-0.25, -0.2) is 4.79 Å². The van der Waals surface area contributed by atoms with E-state index < -0.39 is 5.97 Å². The van der Waals surface area contributed by atoms with Crippen LogP contribution < -0.4 is 4.74 Å². The molecule has 0 amide bonds. The largest absolute Gasteiger partial charge is 0.477 e. The van der Waals surface area contributed by atoms with Crippen molar-refractivity contribution >= 4 is 18.0 Å². The van der Waals surface area contributed by atoms with Gasteiger partial charge in [-0.15, -0.1) is 0 Å². The molecule has 5 heteroatoms. The summed E-state index contributed by atoms with van der Waals surface area (Å²) in [6.45, 7) is 1.71. The predicted molar refractivity (Wildman–Crippen MR) is 72.7 cm³/mol. The molecule has 1 N–H and O–H groups in total. The summed E-state index contributed by atoms with van der Waals surface area (Å²) in [6, 6.07) is 8.29. The molecule has 0 saturated heterocycles. The summed E-state index contributed by atoms with van der Waals surface area (Å²) in [6.07, 6.45) is 4.64. The van der Waals surface area contributed by atoms with Crippen LogP contribution in [0.25, 0.3) is 6.08 Å². The summed E-state index contributed by atoms with van der Waals surface area (Å²) in [7, 11) is 0. The van der Waals surface area contributed by atoms with Gasteiger partial charge in [0.2, 0.25) is 0 Å². The van der Waals surface area contributed by atoms with Crippen LogP contribution in [-0.2, 0) is 9.59 Å². The number of nitrogens with zero attached hydrogens (tertiary/aromatic N) is 1. The minimum Gasteiger partial charge on any atom is -0.477 e. The highest BCUT2D eigenvalue weighted by atomic mass is 16.5. The lowest BCUT2D eigenvalue weighted by Crippen LogP contribution is -2.05. The maximum absolute atomic E-state index is 11.1. The molecule has 0 aromatic heterocycles. The zero-order valence-electron chi connectivity index (χ0n) is 10.9. The van der Waals surface area contributed by atoms with Crippen LogP contribution in [0.3, 0.4) is 0 Å². The molecule has 0 radical (unpaired) electrons. The van der Waals surface area contributed by atoms with Gasteiger partial charge in [-0.1, -0.05) is 31.2 Å². The standard InChI is InChI=1S/C15H13NO4/c1-2-14(17)20-13-8-6-11(7-9-13)4-3-5-12(10-16)15(18)19/h3-9H,2H2,1H3,(H,18,19)/b4-3+,12-5+. The summed E-state index contributed by atoms with van der Waals surface area (Å²) >= 11 is 0. The second kappa shape index (κ2) is 7.54. The van der Waals surface area contributed by atoms with Crippen molar-refractivity contribution < 1.29 is 19.4 Å². The first-order chi connectivity index (χ1) is 9.56. The molecule has 0 spiro atoms. The quantitative estimate of drug-likeness (QED) is 0.292. The minimum atomic E-state index is -1.26. The molecule has 1 aromatic rings. The minimum absolute atomic E-state index is 0.304. The average Bonchev–Trinajstić information content (AvgIpc) is 2.44. The van der Waals surface area contributed by atoms with Crippen molar-refractivity contribution in [2.24, 2.45) is 0 Å². The Balaban J connectivity index is 2.73. The highest BCUT2D eigenvalue weighted by molar-refractivity contribution is 5.91. The molecule has 1 rings (SSSR count). The van der Waals surface area contributed by atoms with Gasteiger partial charge in [0.05, 0.1) is 0 Å². The van der Waals surface area contributed by atoms with Crippen molar-refractivity contribution in [3.63, 3.8) is 0 Å². The number of benzene rings is 1. The van der Waals surface area contributed by atoms with Crippen LogP contribution in [0.15, 0.2) is 42.0 Å². The number of carboxylic acid groups (broad SMARTS) is 1. The molecular weight excluding hydrogens is 258 g/mol. The van der Waals surface area contributed by atoms with Gasteiger partial charge in [-0.2, -0.15) is 5.26 Å². The van der Waals surface area contributed by atoms with Gasteiger partial charge in [-0.3, -0.25) is 4.79 Å². The van der Waals surface area contributed by atoms with E-state index in [1.165, 1.54) is 12.2 Å². The van der Waals surface area contributed by atoms with Crippen LogP contribution in [-0.4, -0.2) is 17.0 Å². The van der Waals surface area contributed by atoms with E-state index in [4.69, 9.17) is 15.1 Å². The van der Waals surface area contributed by atoms with E-state index in [2.05, 4.69) is 0 Å². The van der Waals surface area contributed by atoms with Gasteiger partial charge >= 0.3 is 11.9 Å². The number of nitriles is 1. The van der Waals surface area contributed by atoms with Crippen molar-refractivity contribution in [2.45, 2.75) is 13.3 Å². The van der Waals surface area contributed by atoms with E-state index >= 15 is 0 Å². The van der Waals surface area contributed by atoms with Crippen LogP contribution in [0.5, 0.6) is 5.75 Å². The van der Waals surface area contributed by atoms with Crippen LogP contribution in [0.1, 0.15) is 18.9 Å². The molecule has 102 valence electrons. The van der Waals surface area contributed by atoms with Crippen LogP contribution >= 0.6 is 0 Å². The van der Waals surface area contributed by atoms with E-state index in [9.17, 15) is 9.59 Å². The molecule has 0 fully saturated rings. The summed E-state index contributed by atoms with van der Waals surface area (Å²) in [5, 5.41) is 17.2. The van der Waals surface area contributed by atoms with E-state index in [1.54, 1.807) is 43.3 Å². The van der Waals surface area contributed by atoms with Gasteiger partial charge in [-0.05, 0) is 23.8 Å². The topological polar surface area (TPSA) is 87.4 Å². The lowest BCUT2D eigenvalue weighted by Gasteiger charge is -2.02. The van der Waals surface area contributed by atoms with Crippen LogP contribution in [0, 0.1) is 11.3 Å². The molecule has 0 atom stereocenters. The Kier molecular flexibility index (Phi) is 5.73. The highest BCUT2D eigenvalue weighted by Crippen LogP contribution is 2.14. The lowest BCUT2D eigenvalue weighted by atomic mass is 10.2. The number of allylic oxidation sites excluding steroid dienone is 2. The molecule has 20 heavy (non-hydrogen) atoms. The van der Waals surface area contributed by atoms with E-state index in [0.29, 0.717) is 12.2 Å². The first-order valence-electron chi connectivity index (χ1n) is 5.89. The first kappa shape index (κ1) is 15.2. The fraction of sp³-hybridized carbons (Fsp3) is 0.133. The maximum Gasteiger partial charge on any atom is 0.346 e. The Bertz CT molecular complexity index is 591. The molecule has 1 aromatic carbocycles. The number of aliphatic carboxylic acids is 1. The molecule has 0 aliphatic heterocycles. The highest BCUT2D eigenvalue weighted by Gasteiger charge is 2.03. The van der Waals surface area contributed by atoms with Crippen molar-refractivity contribution in [1.82, 2.24) is 0 Å². The van der Waals surface area contributed by atoms with Gasteiger partial charge in [0, 0.05) is 6.42 Å². The second-order valence-electron chi connectivity index (χ2n) is 3.75. The SMILES string of the molecule is CCC(=O)Oc1ccc(/C=C/C=C(\C#N)C(=O)O)cc1. The van der Waals surface area contributed by atoms with Gasteiger partial charge < -0.3 is 9.84 Å². The van der Waals surface area contributed by atoms with Gasteiger partial charge in [0.1, 0.15) is 17.4 Å².